The number of nitrogens with one attached hydrogen (secondary N) is 1. The summed E-state index contributed by atoms with van der Waals surface area (Å²) in [6.07, 6.45) is 0.840. The van der Waals surface area contributed by atoms with E-state index in [0.29, 0.717) is 12.5 Å². The first-order valence-electron chi connectivity index (χ1n) is 6.63. The second-order valence-electron chi connectivity index (χ2n) is 4.79. The fraction of sp³-hybridized carbons (Fsp3) is 0.769. The van der Waals surface area contributed by atoms with Gasteiger partial charge in [-0.25, -0.2) is 0 Å². The van der Waals surface area contributed by atoms with Crippen LogP contribution in [0.3, 0.4) is 0 Å². The molecule has 1 aromatic heterocycles. The van der Waals surface area contributed by atoms with E-state index in [1.165, 1.54) is 0 Å². The number of hydrogen-bond acceptors (Lipinski definition) is 3. The summed E-state index contributed by atoms with van der Waals surface area (Å²) >= 11 is 6.33. The van der Waals surface area contributed by atoms with Crippen LogP contribution in [0.5, 0.6) is 0 Å². The Morgan fingerprint density at radius 2 is 2.06 bits per heavy atom. The third-order valence-corrected chi connectivity index (χ3v) is 3.66. The molecule has 0 aliphatic heterocycles. The van der Waals surface area contributed by atoms with Crippen molar-refractivity contribution in [2.75, 3.05) is 6.61 Å². The second-order valence-corrected chi connectivity index (χ2v) is 5.17. The summed E-state index contributed by atoms with van der Waals surface area (Å²) in [6, 6.07) is 0.0892. The molecular formula is C13H24ClN3O. The minimum absolute atomic E-state index is 0.0892. The quantitative estimate of drug-likeness (QED) is 0.801. The van der Waals surface area contributed by atoms with Crippen molar-refractivity contribution in [2.24, 2.45) is 5.92 Å². The predicted molar refractivity (Wildman–Crippen MR) is 74.8 cm³/mol. The first kappa shape index (κ1) is 15.5. The number of aliphatic hydroxyl groups excluding tert-OH is 1. The van der Waals surface area contributed by atoms with E-state index < -0.39 is 0 Å². The van der Waals surface area contributed by atoms with Gasteiger partial charge in [0.05, 0.1) is 23.0 Å². The van der Waals surface area contributed by atoms with Crippen LogP contribution in [0.1, 0.15) is 39.1 Å². The molecule has 0 saturated heterocycles. The van der Waals surface area contributed by atoms with E-state index in [0.717, 1.165) is 29.4 Å². The molecule has 1 rings (SSSR count). The van der Waals surface area contributed by atoms with Gasteiger partial charge in [0.25, 0.3) is 0 Å². The van der Waals surface area contributed by atoms with Gasteiger partial charge in [0, 0.05) is 19.1 Å². The van der Waals surface area contributed by atoms with Gasteiger partial charge >= 0.3 is 0 Å². The van der Waals surface area contributed by atoms with Gasteiger partial charge in [0.1, 0.15) is 0 Å². The number of nitrogens with zero attached hydrogens (tertiary/aromatic N) is 2. The summed E-state index contributed by atoms with van der Waals surface area (Å²) in [5.74, 6) is 0.386. The molecule has 0 radical (unpaired) electrons. The number of aromatic nitrogens is 2. The monoisotopic (exact) mass is 273 g/mol. The summed E-state index contributed by atoms with van der Waals surface area (Å²) in [7, 11) is 0. The predicted octanol–water partition coefficient (Wildman–Crippen LogP) is 2.23. The smallest absolute Gasteiger partial charge is 0.0863 e. The Morgan fingerprint density at radius 3 is 2.50 bits per heavy atom. The van der Waals surface area contributed by atoms with Crippen LogP contribution in [-0.2, 0) is 19.5 Å². The molecule has 0 unspecified atom stereocenters. The molecule has 1 aromatic rings. The SMILES string of the molecule is CCc1nn(CC)c(CN[C@H](CO)C(C)C)c1Cl. The normalized spacial score (nSPS) is 13.3. The molecule has 1 heterocycles. The Balaban J connectivity index is 2.80. The number of hydrogen-bond donors (Lipinski definition) is 2. The summed E-state index contributed by atoms with van der Waals surface area (Å²) in [6.45, 7) is 9.87. The number of aliphatic hydroxyl groups is 1. The Bertz CT molecular complexity index is 377. The molecule has 2 N–H and O–H groups in total. The van der Waals surface area contributed by atoms with Crippen LogP contribution in [0.2, 0.25) is 5.02 Å². The zero-order chi connectivity index (χ0) is 13.7. The van der Waals surface area contributed by atoms with Gasteiger partial charge in [-0.2, -0.15) is 5.10 Å². The summed E-state index contributed by atoms with van der Waals surface area (Å²) in [5, 5.41) is 17.9. The van der Waals surface area contributed by atoms with Crippen LogP contribution in [0.4, 0.5) is 0 Å². The largest absolute Gasteiger partial charge is 0.395 e. The fourth-order valence-corrected chi connectivity index (χ4v) is 2.26. The molecule has 104 valence electrons. The van der Waals surface area contributed by atoms with Crippen LogP contribution >= 0.6 is 11.6 Å². The molecule has 0 aliphatic carbocycles. The molecule has 0 fully saturated rings. The molecule has 0 saturated carbocycles. The molecule has 18 heavy (non-hydrogen) atoms. The molecule has 0 aromatic carbocycles. The zero-order valence-electron chi connectivity index (χ0n) is 11.7. The minimum atomic E-state index is 0.0892. The zero-order valence-corrected chi connectivity index (χ0v) is 12.5. The molecular weight excluding hydrogens is 250 g/mol. The Hall–Kier alpha value is -0.580. The Morgan fingerprint density at radius 1 is 1.39 bits per heavy atom. The van der Waals surface area contributed by atoms with Crippen LogP contribution < -0.4 is 5.32 Å². The van der Waals surface area contributed by atoms with Gasteiger partial charge in [0.15, 0.2) is 0 Å². The number of halogens is 1. The average molecular weight is 274 g/mol. The van der Waals surface area contributed by atoms with Crippen molar-refractivity contribution in [3.05, 3.63) is 16.4 Å². The van der Waals surface area contributed by atoms with E-state index in [-0.39, 0.29) is 12.6 Å². The highest BCUT2D eigenvalue weighted by Gasteiger charge is 2.17. The van der Waals surface area contributed by atoms with E-state index in [4.69, 9.17) is 11.6 Å². The van der Waals surface area contributed by atoms with E-state index in [1.54, 1.807) is 0 Å². The van der Waals surface area contributed by atoms with E-state index in [2.05, 4.69) is 38.1 Å². The van der Waals surface area contributed by atoms with Crippen molar-refractivity contribution in [1.82, 2.24) is 15.1 Å². The van der Waals surface area contributed by atoms with E-state index in [1.807, 2.05) is 4.68 Å². The maximum atomic E-state index is 9.30. The molecule has 0 amide bonds. The lowest BCUT2D eigenvalue weighted by molar-refractivity contribution is 0.209. The van der Waals surface area contributed by atoms with Crippen molar-refractivity contribution < 1.29 is 5.11 Å². The topological polar surface area (TPSA) is 50.1 Å². The molecule has 4 nitrogen and oxygen atoms in total. The molecule has 0 bridgehead atoms. The minimum Gasteiger partial charge on any atom is -0.395 e. The molecule has 5 heteroatoms. The average Bonchev–Trinajstić information content (AvgIpc) is 2.66. The lowest BCUT2D eigenvalue weighted by Crippen LogP contribution is -2.37. The third-order valence-electron chi connectivity index (χ3n) is 3.23. The summed E-state index contributed by atoms with van der Waals surface area (Å²) < 4.78 is 1.93. The van der Waals surface area contributed by atoms with Crippen LogP contribution in [-0.4, -0.2) is 27.5 Å². The summed E-state index contributed by atoms with van der Waals surface area (Å²) in [5.41, 5.74) is 1.95. The third kappa shape index (κ3) is 3.46. The van der Waals surface area contributed by atoms with Gasteiger partial charge in [-0.15, -0.1) is 0 Å². The highest BCUT2D eigenvalue weighted by molar-refractivity contribution is 6.31. The van der Waals surface area contributed by atoms with Crippen molar-refractivity contribution in [3.63, 3.8) is 0 Å². The van der Waals surface area contributed by atoms with Crippen LogP contribution in [0, 0.1) is 5.92 Å². The fourth-order valence-electron chi connectivity index (χ4n) is 1.93. The van der Waals surface area contributed by atoms with Crippen molar-refractivity contribution >= 4 is 11.6 Å². The maximum absolute atomic E-state index is 9.30. The lowest BCUT2D eigenvalue weighted by Gasteiger charge is -2.20. The Kier molecular flexibility index (Phi) is 6.12. The lowest BCUT2D eigenvalue weighted by atomic mass is 10.1. The number of rotatable bonds is 7. The number of aryl methyl sites for hydroxylation is 2. The second kappa shape index (κ2) is 7.12. The van der Waals surface area contributed by atoms with Gasteiger partial charge in [0.2, 0.25) is 0 Å². The van der Waals surface area contributed by atoms with Gasteiger partial charge in [-0.05, 0) is 19.3 Å². The van der Waals surface area contributed by atoms with Gasteiger partial charge < -0.3 is 10.4 Å². The van der Waals surface area contributed by atoms with Crippen LogP contribution in [0.15, 0.2) is 0 Å². The molecule has 0 aliphatic rings. The van der Waals surface area contributed by atoms with E-state index in [9.17, 15) is 5.11 Å². The van der Waals surface area contributed by atoms with Crippen molar-refractivity contribution in [3.8, 4) is 0 Å². The highest BCUT2D eigenvalue weighted by atomic mass is 35.5. The maximum Gasteiger partial charge on any atom is 0.0863 e. The van der Waals surface area contributed by atoms with Crippen molar-refractivity contribution in [1.29, 1.82) is 0 Å². The molecule has 0 spiro atoms. The first-order valence-corrected chi connectivity index (χ1v) is 7.01. The van der Waals surface area contributed by atoms with Crippen molar-refractivity contribution in [2.45, 2.75) is 53.2 Å². The van der Waals surface area contributed by atoms with Gasteiger partial charge in [-0.1, -0.05) is 32.4 Å². The Labute approximate surface area is 114 Å². The van der Waals surface area contributed by atoms with Crippen LogP contribution in [0.25, 0.3) is 0 Å². The molecule has 1 atom stereocenters. The van der Waals surface area contributed by atoms with E-state index >= 15 is 0 Å². The first-order chi connectivity index (χ1) is 8.54. The summed E-state index contributed by atoms with van der Waals surface area (Å²) in [4.78, 5) is 0. The standard InChI is InChI=1S/C13H24ClN3O/c1-5-10-13(14)12(17(6-2)16-10)7-15-11(8-18)9(3)4/h9,11,15,18H,5-8H2,1-4H3/t11-/m1/s1. The highest BCUT2D eigenvalue weighted by Crippen LogP contribution is 2.21. The van der Waals surface area contributed by atoms with Gasteiger partial charge in [-0.3, -0.25) is 4.68 Å².